The molecule has 20 heavy (non-hydrogen) atoms. The van der Waals surface area contributed by atoms with Crippen molar-refractivity contribution >= 4 is 11.4 Å². The van der Waals surface area contributed by atoms with Crippen LogP contribution < -0.4 is 10.1 Å². The summed E-state index contributed by atoms with van der Waals surface area (Å²) in [5, 5.41) is 4.76. The lowest BCUT2D eigenvalue weighted by molar-refractivity contribution is 0.472. The molecular weight excluding hydrogens is 246 g/mol. The van der Waals surface area contributed by atoms with Gasteiger partial charge in [-0.15, -0.1) is 0 Å². The fourth-order valence-corrected chi connectivity index (χ4v) is 2.45. The van der Waals surface area contributed by atoms with Crippen LogP contribution in [0.15, 0.2) is 72.8 Å². The summed E-state index contributed by atoms with van der Waals surface area (Å²) in [6.07, 6.45) is 0. The smallest absolute Gasteiger partial charge is 0.153 e. The van der Waals surface area contributed by atoms with Crippen molar-refractivity contribution in [3.63, 3.8) is 0 Å². The van der Waals surface area contributed by atoms with Gasteiger partial charge in [0, 0.05) is 5.56 Å². The van der Waals surface area contributed by atoms with Gasteiger partial charge in [-0.3, -0.25) is 0 Å². The number of hydrogen-bond acceptors (Lipinski definition) is 1. The summed E-state index contributed by atoms with van der Waals surface area (Å²) >= 11 is 0. The highest BCUT2D eigenvalue weighted by Gasteiger charge is 2.20. The van der Waals surface area contributed by atoms with Gasteiger partial charge in [-0.2, -0.15) is 0 Å². The molecule has 0 fully saturated rings. The third kappa shape index (κ3) is 1.74. The SMILES string of the molecule is c1ccc(-c2cccc3c2[N]c2ccccc2O3)cc1. The van der Waals surface area contributed by atoms with Crippen molar-refractivity contribution in [2.45, 2.75) is 0 Å². The molecule has 3 aromatic carbocycles. The number of benzene rings is 3. The molecule has 0 N–H and O–H groups in total. The fourth-order valence-electron chi connectivity index (χ4n) is 2.45. The average Bonchev–Trinajstić information content (AvgIpc) is 2.53. The van der Waals surface area contributed by atoms with E-state index in [2.05, 4.69) is 18.2 Å². The molecule has 95 valence electrons. The van der Waals surface area contributed by atoms with Crippen LogP contribution in [0.3, 0.4) is 0 Å². The van der Waals surface area contributed by atoms with Gasteiger partial charge in [0.15, 0.2) is 11.5 Å². The second-order valence-electron chi connectivity index (χ2n) is 4.70. The molecule has 1 aliphatic rings. The molecule has 1 heterocycles. The summed E-state index contributed by atoms with van der Waals surface area (Å²) in [6.45, 7) is 0. The number of ether oxygens (including phenoxy) is 1. The molecule has 1 aliphatic heterocycles. The summed E-state index contributed by atoms with van der Waals surface area (Å²) in [5.41, 5.74) is 4.02. The third-order valence-corrected chi connectivity index (χ3v) is 3.40. The van der Waals surface area contributed by atoms with Gasteiger partial charge in [0.2, 0.25) is 0 Å². The lowest BCUT2D eigenvalue weighted by atomic mass is 10.0. The summed E-state index contributed by atoms with van der Waals surface area (Å²) < 4.78 is 5.95. The van der Waals surface area contributed by atoms with Gasteiger partial charge in [-0.1, -0.05) is 54.6 Å². The number of rotatable bonds is 1. The van der Waals surface area contributed by atoms with Crippen LogP contribution in [0.1, 0.15) is 0 Å². The quantitative estimate of drug-likeness (QED) is 0.470. The first-order valence-corrected chi connectivity index (χ1v) is 6.59. The maximum Gasteiger partial charge on any atom is 0.153 e. The van der Waals surface area contributed by atoms with Gasteiger partial charge in [0.05, 0.1) is 0 Å². The molecule has 0 aromatic heterocycles. The summed E-state index contributed by atoms with van der Waals surface area (Å²) in [5.74, 6) is 1.62. The van der Waals surface area contributed by atoms with Crippen molar-refractivity contribution < 1.29 is 4.74 Å². The third-order valence-electron chi connectivity index (χ3n) is 3.40. The van der Waals surface area contributed by atoms with E-state index in [0.29, 0.717) is 0 Å². The Balaban J connectivity index is 1.87. The van der Waals surface area contributed by atoms with Gasteiger partial charge < -0.3 is 4.74 Å². The van der Waals surface area contributed by atoms with Gasteiger partial charge in [0.25, 0.3) is 0 Å². The average molecular weight is 258 g/mol. The summed E-state index contributed by atoms with van der Waals surface area (Å²) in [7, 11) is 0. The standard InChI is InChI=1S/C18H12NO/c1-2-7-13(8-3-1)14-9-6-12-17-18(14)19-15-10-4-5-11-16(15)20-17/h1-12H. The second kappa shape index (κ2) is 4.42. The Hall–Kier alpha value is -2.74. The van der Waals surface area contributed by atoms with E-state index in [0.717, 1.165) is 34.0 Å². The zero-order chi connectivity index (χ0) is 13.4. The Kier molecular flexibility index (Phi) is 2.46. The number of fused-ring (bicyclic) bond motifs is 2. The highest BCUT2D eigenvalue weighted by Crippen LogP contribution is 2.46. The largest absolute Gasteiger partial charge is 0.453 e. The topological polar surface area (TPSA) is 23.3 Å². The number of hydrogen-bond donors (Lipinski definition) is 0. The van der Waals surface area contributed by atoms with Crippen molar-refractivity contribution in [1.82, 2.24) is 5.32 Å². The molecule has 1 radical (unpaired) electrons. The first-order valence-electron chi connectivity index (χ1n) is 6.59. The fraction of sp³-hybridized carbons (Fsp3) is 0. The minimum Gasteiger partial charge on any atom is -0.453 e. The molecule has 2 nitrogen and oxygen atoms in total. The predicted octanol–water partition coefficient (Wildman–Crippen LogP) is 5.03. The van der Waals surface area contributed by atoms with E-state index in [4.69, 9.17) is 10.1 Å². The molecule has 0 atom stereocenters. The monoisotopic (exact) mass is 258 g/mol. The van der Waals surface area contributed by atoms with E-state index in [1.807, 2.05) is 54.6 Å². The molecular formula is C18H12NO. The van der Waals surface area contributed by atoms with Crippen LogP contribution in [0.5, 0.6) is 11.5 Å². The van der Waals surface area contributed by atoms with E-state index < -0.39 is 0 Å². The Morgan fingerprint density at radius 2 is 1.40 bits per heavy atom. The minimum atomic E-state index is 0.810. The van der Waals surface area contributed by atoms with Crippen molar-refractivity contribution in [2.24, 2.45) is 0 Å². The first-order chi connectivity index (χ1) is 9.92. The van der Waals surface area contributed by atoms with Crippen LogP contribution in [0.4, 0.5) is 11.4 Å². The van der Waals surface area contributed by atoms with Crippen LogP contribution in [-0.2, 0) is 0 Å². The maximum atomic E-state index is 5.95. The van der Waals surface area contributed by atoms with Crippen molar-refractivity contribution in [3.8, 4) is 22.6 Å². The molecule has 0 aliphatic carbocycles. The molecule has 0 saturated carbocycles. The van der Waals surface area contributed by atoms with E-state index in [1.165, 1.54) is 0 Å². The van der Waals surface area contributed by atoms with Crippen LogP contribution in [0, 0.1) is 0 Å². The molecule has 3 aromatic rings. The van der Waals surface area contributed by atoms with Crippen molar-refractivity contribution in [3.05, 3.63) is 72.8 Å². The van der Waals surface area contributed by atoms with Gasteiger partial charge in [0.1, 0.15) is 11.4 Å². The molecule has 0 bridgehead atoms. The highest BCUT2D eigenvalue weighted by molar-refractivity contribution is 5.83. The summed E-state index contributed by atoms with van der Waals surface area (Å²) in [6, 6.07) is 24.2. The second-order valence-corrected chi connectivity index (χ2v) is 4.70. The van der Waals surface area contributed by atoms with E-state index in [-0.39, 0.29) is 0 Å². The van der Waals surface area contributed by atoms with Crippen molar-refractivity contribution in [2.75, 3.05) is 0 Å². The Morgan fingerprint density at radius 3 is 2.30 bits per heavy atom. The summed E-state index contributed by atoms with van der Waals surface area (Å²) in [4.78, 5) is 0. The number of para-hydroxylation sites is 3. The van der Waals surface area contributed by atoms with Crippen LogP contribution in [0.25, 0.3) is 11.1 Å². The van der Waals surface area contributed by atoms with E-state index >= 15 is 0 Å². The van der Waals surface area contributed by atoms with Crippen molar-refractivity contribution in [1.29, 1.82) is 0 Å². The lowest BCUT2D eigenvalue weighted by Crippen LogP contribution is -2.03. The van der Waals surface area contributed by atoms with Crippen LogP contribution in [-0.4, -0.2) is 0 Å². The molecule has 0 spiro atoms. The van der Waals surface area contributed by atoms with E-state index in [9.17, 15) is 0 Å². The van der Waals surface area contributed by atoms with Crippen LogP contribution in [0.2, 0.25) is 0 Å². The minimum absolute atomic E-state index is 0.810. The molecule has 2 heteroatoms. The maximum absolute atomic E-state index is 5.95. The first kappa shape index (κ1) is 11.1. The molecule has 0 saturated heterocycles. The van der Waals surface area contributed by atoms with Gasteiger partial charge >= 0.3 is 0 Å². The van der Waals surface area contributed by atoms with Crippen LogP contribution >= 0.6 is 0 Å². The molecule has 0 unspecified atom stereocenters. The number of nitrogens with zero attached hydrogens (tertiary/aromatic N) is 1. The molecule has 0 amide bonds. The highest BCUT2D eigenvalue weighted by atomic mass is 16.5. The Morgan fingerprint density at radius 1 is 0.650 bits per heavy atom. The lowest BCUT2D eigenvalue weighted by Gasteiger charge is -2.21. The zero-order valence-corrected chi connectivity index (χ0v) is 10.8. The predicted molar refractivity (Wildman–Crippen MR) is 79.8 cm³/mol. The molecule has 4 rings (SSSR count). The van der Waals surface area contributed by atoms with Gasteiger partial charge in [-0.25, -0.2) is 5.32 Å². The van der Waals surface area contributed by atoms with Gasteiger partial charge in [-0.05, 0) is 23.8 Å². The van der Waals surface area contributed by atoms with E-state index in [1.54, 1.807) is 0 Å². The zero-order valence-electron chi connectivity index (χ0n) is 10.8. The Bertz CT molecular complexity index is 765. The Labute approximate surface area is 117 Å². The normalized spacial score (nSPS) is 11.8.